The normalized spacial score (nSPS) is 11.8. The standard InChI is InChI=1S/C19H18F3NO5/c1-9-6-12(7-10(2)16(9)28-19(21)22)17(24)23-15(18(25)26)11-4-5-14(27-3)13(20)8-11/h4-8,15,19H,1-3H3,(H,23,24)(H,25,26). The van der Waals surface area contributed by atoms with Gasteiger partial charge in [0.15, 0.2) is 17.6 Å². The summed E-state index contributed by atoms with van der Waals surface area (Å²) in [7, 11) is 1.26. The van der Waals surface area contributed by atoms with Crippen LogP contribution in [0.15, 0.2) is 30.3 Å². The first kappa shape index (κ1) is 21.1. The molecule has 0 saturated heterocycles. The third-order valence-corrected chi connectivity index (χ3v) is 3.96. The summed E-state index contributed by atoms with van der Waals surface area (Å²) in [6.45, 7) is -0.0530. The zero-order chi connectivity index (χ0) is 21.0. The number of alkyl halides is 2. The largest absolute Gasteiger partial charge is 0.494 e. The zero-order valence-corrected chi connectivity index (χ0v) is 15.3. The average molecular weight is 397 g/mol. The summed E-state index contributed by atoms with van der Waals surface area (Å²) in [6.07, 6.45) is 0. The highest BCUT2D eigenvalue weighted by atomic mass is 19.3. The Morgan fingerprint density at radius 3 is 2.18 bits per heavy atom. The molecule has 28 heavy (non-hydrogen) atoms. The maximum absolute atomic E-state index is 13.9. The Hall–Kier alpha value is -3.23. The van der Waals surface area contributed by atoms with Gasteiger partial charge >= 0.3 is 12.6 Å². The smallest absolute Gasteiger partial charge is 0.387 e. The van der Waals surface area contributed by atoms with Crippen molar-refractivity contribution >= 4 is 11.9 Å². The fourth-order valence-electron chi connectivity index (χ4n) is 2.72. The molecule has 0 aliphatic carbocycles. The van der Waals surface area contributed by atoms with Crippen LogP contribution < -0.4 is 14.8 Å². The molecule has 2 aromatic rings. The molecule has 0 aliphatic heterocycles. The number of carboxylic acid groups (broad SMARTS) is 1. The molecular weight excluding hydrogens is 379 g/mol. The number of benzene rings is 2. The van der Waals surface area contributed by atoms with Gasteiger partial charge < -0.3 is 19.9 Å². The third-order valence-electron chi connectivity index (χ3n) is 3.96. The number of methoxy groups -OCH3 is 1. The van der Waals surface area contributed by atoms with Crippen molar-refractivity contribution in [1.29, 1.82) is 0 Å². The molecule has 0 bridgehead atoms. The summed E-state index contributed by atoms with van der Waals surface area (Å²) in [4.78, 5) is 24.1. The summed E-state index contributed by atoms with van der Waals surface area (Å²) in [6, 6.07) is 4.59. The number of carboxylic acids is 1. The van der Waals surface area contributed by atoms with E-state index in [1.54, 1.807) is 0 Å². The lowest BCUT2D eigenvalue weighted by Gasteiger charge is -2.17. The van der Waals surface area contributed by atoms with Crippen LogP contribution >= 0.6 is 0 Å². The van der Waals surface area contributed by atoms with Crippen molar-refractivity contribution in [2.45, 2.75) is 26.5 Å². The average Bonchev–Trinajstić information content (AvgIpc) is 2.61. The number of hydrogen-bond donors (Lipinski definition) is 2. The van der Waals surface area contributed by atoms with Gasteiger partial charge in [0, 0.05) is 5.56 Å². The highest BCUT2D eigenvalue weighted by molar-refractivity contribution is 5.97. The molecule has 0 aromatic heterocycles. The van der Waals surface area contributed by atoms with Crippen LogP contribution in [0, 0.1) is 19.7 Å². The fraction of sp³-hybridized carbons (Fsp3) is 0.263. The van der Waals surface area contributed by atoms with Crippen LogP contribution in [0.2, 0.25) is 0 Å². The van der Waals surface area contributed by atoms with Crippen molar-refractivity contribution in [3.8, 4) is 11.5 Å². The van der Waals surface area contributed by atoms with Crippen LogP contribution in [0.3, 0.4) is 0 Å². The molecule has 2 aromatic carbocycles. The van der Waals surface area contributed by atoms with Gasteiger partial charge in [-0.3, -0.25) is 4.79 Å². The maximum atomic E-state index is 13.9. The van der Waals surface area contributed by atoms with Crippen LogP contribution in [0.1, 0.15) is 33.1 Å². The van der Waals surface area contributed by atoms with Gasteiger partial charge in [-0.25, -0.2) is 9.18 Å². The highest BCUT2D eigenvalue weighted by Gasteiger charge is 2.25. The summed E-state index contributed by atoms with van der Waals surface area (Å²) in [5.74, 6) is -3.07. The highest BCUT2D eigenvalue weighted by Crippen LogP contribution is 2.27. The zero-order valence-electron chi connectivity index (χ0n) is 15.3. The molecule has 0 radical (unpaired) electrons. The van der Waals surface area contributed by atoms with Crippen LogP contribution in [0.5, 0.6) is 11.5 Å². The van der Waals surface area contributed by atoms with Gasteiger partial charge in [0.25, 0.3) is 5.91 Å². The molecule has 1 amide bonds. The molecule has 6 nitrogen and oxygen atoms in total. The SMILES string of the molecule is COc1ccc(C(NC(=O)c2cc(C)c(OC(F)F)c(C)c2)C(=O)O)cc1F. The van der Waals surface area contributed by atoms with Crippen LogP contribution in [-0.4, -0.2) is 30.7 Å². The first-order valence-electron chi connectivity index (χ1n) is 8.07. The minimum absolute atomic E-state index is 0.00486. The van der Waals surface area contributed by atoms with E-state index >= 15 is 0 Å². The van der Waals surface area contributed by atoms with Gasteiger partial charge in [-0.05, 0) is 54.8 Å². The lowest BCUT2D eigenvalue weighted by molar-refractivity contribution is -0.139. The fourth-order valence-corrected chi connectivity index (χ4v) is 2.72. The summed E-state index contributed by atoms with van der Waals surface area (Å²) in [5, 5.41) is 11.7. The topological polar surface area (TPSA) is 84.9 Å². The second kappa shape index (κ2) is 8.64. The van der Waals surface area contributed by atoms with Gasteiger partial charge in [-0.1, -0.05) is 6.07 Å². The number of hydrogen-bond acceptors (Lipinski definition) is 4. The number of carbonyl (C=O) groups is 2. The molecule has 0 heterocycles. The lowest BCUT2D eigenvalue weighted by Crippen LogP contribution is -2.34. The minimum Gasteiger partial charge on any atom is -0.494 e. The first-order valence-corrected chi connectivity index (χ1v) is 8.07. The molecule has 1 unspecified atom stereocenters. The summed E-state index contributed by atoms with van der Waals surface area (Å²) in [5.41, 5.74) is 0.628. The molecule has 2 rings (SSSR count). The van der Waals surface area contributed by atoms with Gasteiger partial charge in [0.05, 0.1) is 7.11 Å². The Bertz CT molecular complexity index is 878. The van der Waals surface area contributed by atoms with Crippen LogP contribution in [0.4, 0.5) is 13.2 Å². The van der Waals surface area contributed by atoms with E-state index < -0.39 is 30.3 Å². The van der Waals surface area contributed by atoms with Crippen molar-refractivity contribution in [2.24, 2.45) is 0 Å². The van der Waals surface area contributed by atoms with E-state index in [2.05, 4.69) is 10.1 Å². The van der Waals surface area contributed by atoms with E-state index in [0.717, 1.165) is 6.07 Å². The molecule has 9 heteroatoms. The molecule has 0 fully saturated rings. The number of aliphatic carboxylic acids is 1. The maximum Gasteiger partial charge on any atom is 0.387 e. The Balaban J connectivity index is 2.30. The number of halogens is 3. The lowest BCUT2D eigenvalue weighted by atomic mass is 10.0. The van der Waals surface area contributed by atoms with E-state index in [9.17, 15) is 27.9 Å². The van der Waals surface area contributed by atoms with Crippen molar-refractivity contribution in [3.63, 3.8) is 0 Å². The minimum atomic E-state index is -3.02. The number of carbonyl (C=O) groups excluding carboxylic acids is 1. The monoisotopic (exact) mass is 397 g/mol. The van der Waals surface area contributed by atoms with Gasteiger partial charge in [-0.2, -0.15) is 8.78 Å². The second-order valence-electron chi connectivity index (χ2n) is 5.96. The number of ether oxygens (including phenoxy) is 2. The van der Waals surface area contributed by atoms with E-state index in [-0.39, 0.29) is 33.8 Å². The first-order chi connectivity index (χ1) is 13.1. The Kier molecular flexibility index (Phi) is 6.50. The van der Waals surface area contributed by atoms with E-state index in [4.69, 9.17) is 4.74 Å². The molecule has 0 spiro atoms. The predicted octanol–water partition coefficient (Wildman–Crippen LogP) is 3.61. The van der Waals surface area contributed by atoms with E-state index in [1.165, 1.54) is 45.2 Å². The number of aryl methyl sites for hydroxylation is 2. The molecule has 150 valence electrons. The number of nitrogens with one attached hydrogen (secondary N) is 1. The third kappa shape index (κ3) is 4.73. The quantitative estimate of drug-likeness (QED) is 0.746. The van der Waals surface area contributed by atoms with E-state index in [0.29, 0.717) is 0 Å². The van der Waals surface area contributed by atoms with Gasteiger partial charge in [0.2, 0.25) is 0 Å². The molecule has 0 aliphatic rings. The molecule has 0 saturated carbocycles. The molecule has 1 atom stereocenters. The van der Waals surface area contributed by atoms with Crippen molar-refractivity contribution < 1.29 is 37.3 Å². The van der Waals surface area contributed by atoms with E-state index in [1.807, 2.05) is 0 Å². The Labute approximate surface area is 158 Å². The van der Waals surface area contributed by atoms with Crippen molar-refractivity contribution in [1.82, 2.24) is 5.32 Å². The molecule has 2 N–H and O–H groups in total. The van der Waals surface area contributed by atoms with Crippen molar-refractivity contribution in [3.05, 3.63) is 58.4 Å². The Morgan fingerprint density at radius 1 is 1.11 bits per heavy atom. The van der Waals surface area contributed by atoms with Gasteiger partial charge in [0.1, 0.15) is 5.75 Å². The number of amides is 1. The van der Waals surface area contributed by atoms with Crippen molar-refractivity contribution in [2.75, 3.05) is 7.11 Å². The second-order valence-corrected chi connectivity index (χ2v) is 5.96. The predicted molar refractivity (Wildman–Crippen MR) is 93.3 cm³/mol. The van der Waals surface area contributed by atoms with Crippen LogP contribution in [0.25, 0.3) is 0 Å². The Morgan fingerprint density at radius 2 is 1.71 bits per heavy atom. The molecular formula is C19H18F3NO5. The summed E-state index contributed by atoms with van der Waals surface area (Å²) >= 11 is 0. The van der Waals surface area contributed by atoms with Crippen LogP contribution in [-0.2, 0) is 4.79 Å². The van der Waals surface area contributed by atoms with Gasteiger partial charge in [-0.15, -0.1) is 0 Å². The summed E-state index contributed by atoms with van der Waals surface area (Å²) < 4.78 is 48.0. The number of rotatable bonds is 7.